The van der Waals surface area contributed by atoms with Gasteiger partial charge in [-0.25, -0.2) is 4.79 Å². The van der Waals surface area contributed by atoms with Crippen LogP contribution < -0.4 is 11.2 Å². The first kappa shape index (κ1) is 15.1. The van der Waals surface area contributed by atoms with Gasteiger partial charge in [0.25, 0.3) is 5.56 Å². The fraction of sp³-hybridized carbons (Fsp3) is 0.286. The van der Waals surface area contributed by atoms with Crippen LogP contribution in [0.15, 0.2) is 38.3 Å². The summed E-state index contributed by atoms with van der Waals surface area (Å²) >= 11 is 9.42. The second kappa shape index (κ2) is 5.97. The van der Waals surface area contributed by atoms with E-state index < -0.39 is 5.69 Å². The van der Waals surface area contributed by atoms with Gasteiger partial charge in [-0.15, -0.1) is 0 Å². The molecular weight excluding hydrogens is 344 g/mol. The first-order chi connectivity index (χ1) is 9.45. The maximum absolute atomic E-state index is 12.6. The second-order valence-electron chi connectivity index (χ2n) is 4.56. The van der Waals surface area contributed by atoms with Gasteiger partial charge < -0.3 is 0 Å². The monoisotopic (exact) mass is 356 g/mol. The fourth-order valence-electron chi connectivity index (χ4n) is 2.00. The average Bonchev–Trinajstić information content (AvgIpc) is 2.37. The number of halogens is 2. The Balaban J connectivity index is 2.78. The van der Waals surface area contributed by atoms with Crippen molar-refractivity contribution in [1.29, 1.82) is 0 Å². The molecule has 0 aliphatic heterocycles. The number of rotatable bonds is 3. The Hall–Kier alpha value is -1.33. The molecule has 0 aliphatic rings. The Labute approximate surface area is 129 Å². The first-order valence-corrected chi connectivity index (χ1v) is 7.43. The molecule has 0 spiro atoms. The molecule has 0 saturated carbocycles. The van der Waals surface area contributed by atoms with Gasteiger partial charge in [0.15, 0.2) is 0 Å². The van der Waals surface area contributed by atoms with Crippen molar-refractivity contribution in [1.82, 2.24) is 9.55 Å². The summed E-state index contributed by atoms with van der Waals surface area (Å²) in [6.45, 7) is 3.75. The van der Waals surface area contributed by atoms with Crippen LogP contribution in [0, 0.1) is 0 Å². The van der Waals surface area contributed by atoms with Crippen molar-refractivity contribution in [3.8, 4) is 11.1 Å². The van der Waals surface area contributed by atoms with Crippen LogP contribution in [-0.4, -0.2) is 9.55 Å². The molecule has 1 unspecified atom stereocenters. The van der Waals surface area contributed by atoms with E-state index in [9.17, 15) is 9.59 Å². The molecule has 1 heterocycles. The lowest BCUT2D eigenvalue weighted by atomic mass is 10.1. The highest BCUT2D eigenvalue weighted by Crippen LogP contribution is 2.24. The maximum atomic E-state index is 12.6. The molecule has 1 atom stereocenters. The number of H-pyrrole nitrogens is 1. The van der Waals surface area contributed by atoms with E-state index in [2.05, 4.69) is 20.9 Å². The molecule has 20 heavy (non-hydrogen) atoms. The summed E-state index contributed by atoms with van der Waals surface area (Å²) in [4.78, 5) is 27.0. The Morgan fingerprint density at radius 1 is 1.40 bits per heavy atom. The van der Waals surface area contributed by atoms with E-state index in [1.807, 2.05) is 26.0 Å². The predicted octanol–water partition coefficient (Wildman–Crippen LogP) is 3.59. The van der Waals surface area contributed by atoms with Crippen molar-refractivity contribution in [2.24, 2.45) is 0 Å². The van der Waals surface area contributed by atoms with Crippen molar-refractivity contribution in [3.05, 3.63) is 54.7 Å². The molecule has 0 aliphatic carbocycles. The third-order valence-corrected chi connectivity index (χ3v) is 4.01. The Morgan fingerprint density at radius 2 is 2.10 bits per heavy atom. The number of nitrogens with zero attached hydrogens (tertiary/aromatic N) is 1. The summed E-state index contributed by atoms with van der Waals surface area (Å²) in [6.07, 6.45) is 0.683. The molecular formula is C14H14BrClN2O2. The Kier molecular flexibility index (Phi) is 4.50. The number of nitrogens with one attached hydrogen (secondary N) is 1. The first-order valence-electron chi connectivity index (χ1n) is 6.26. The molecule has 1 aromatic heterocycles. The number of hydrogen-bond donors (Lipinski definition) is 1. The fourth-order valence-corrected chi connectivity index (χ4v) is 2.67. The SMILES string of the molecule is CCC(C)n1c(=O)[nH]c(Cl)c(-c2cccc(Br)c2)c1=O. The van der Waals surface area contributed by atoms with Crippen LogP contribution in [0.4, 0.5) is 0 Å². The minimum absolute atomic E-state index is 0.0673. The molecule has 0 saturated heterocycles. The Bertz CT molecular complexity index is 752. The van der Waals surface area contributed by atoms with Gasteiger partial charge in [-0.2, -0.15) is 0 Å². The van der Waals surface area contributed by atoms with Crippen LogP contribution in [0.3, 0.4) is 0 Å². The molecule has 4 nitrogen and oxygen atoms in total. The minimum atomic E-state index is -0.479. The van der Waals surface area contributed by atoms with Gasteiger partial charge >= 0.3 is 5.69 Å². The molecule has 2 aromatic rings. The van der Waals surface area contributed by atoms with Gasteiger partial charge in [-0.3, -0.25) is 14.3 Å². The lowest BCUT2D eigenvalue weighted by Gasteiger charge is -2.14. The van der Waals surface area contributed by atoms with Crippen molar-refractivity contribution in [3.63, 3.8) is 0 Å². The summed E-state index contributed by atoms with van der Waals surface area (Å²) in [5.74, 6) is 0. The highest BCUT2D eigenvalue weighted by Gasteiger charge is 2.17. The molecule has 2 rings (SSSR count). The van der Waals surface area contributed by atoms with E-state index in [1.54, 1.807) is 12.1 Å². The molecule has 0 radical (unpaired) electrons. The van der Waals surface area contributed by atoms with Crippen molar-refractivity contribution in [2.45, 2.75) is 26.3 Å². The highest BCUT2D eigenvalue weighted by atomic mass is 79.9. The number of hydrogen-bond acceptors (Lipinski definition) is 2. The van der Waals surface area contributed by atoms with E-state index in [1.165, 1.54) is 4.57 Å². The summed E-state index contributed by atoms with van der Waals surface area (Å²) < 4.78 is 2.05. The Morgan fingerprint density at radius 3 is 2.70 bits per heavy atom. The molecule has 1 aromatic carbocycles. The number of aromatic amines is 1. The van der Waals surface area contributed by atoms with Gasteiger partial charge in [0.1, 0.15) is 5.15 Å². The zero-order valence-corrected chi connectivity index (χ0v) is 13.5. The quantitative estimate of drug-likeness (QED) is 0.854. The van der Waals surface area contributed by atoms with Crippen LogP contribution >= 0.6 is 27.5 Å². The lowest BCUT2D eigenvalue weighted by molar-refractivity contribution is 0.491. The van der Waals surface area contributed by atoms with Gasteiger partial charge in [-0.1, -0.05) is 46.6 Å². The third-order valence-electron chi connectivity index (χ3n) is 3.23. The van der Waals surface area contributed by atoms with E-state index >= 15 is 0 Å². The van der Waals surface area contributed by atoms with Crippen molar-refractivity contribution >= 4 is 27.5 Å². The molecule has 0 fully saturated rings. The van der Waals surface area contributed by atoms with Gasteiger partial charge in [-0.05, 0) is 31.0 Å². The minimum Gasteiger partial charge on any atom is -0.297 e. The zero-order valence-electron chi connectivity index (χ0n) is 11.1. The summed E-state index contributed by atoms with van der Waals surface area (Å²) in [5, 5.41) is 0.0673. The topological polar surface area (TPSA) is 54.9 Å². The van der Waals surface area contributed by atoms with E-state index in [0.29, 0.717) is 17.5 Å². The predicted molar refractivity (Wildman–Crippen MR) is 84.5 cm³/mol. The second-order valence-corrected chi connectivity index (χ2v) is 5.86. The summed E-state index contributed by atoms with van der Waals surface area (Å²) in [5.41, 5.74) is 0.134. The molecule has 6 heteroatoms. The summed E-state index contributed by atoms with van der Waals surface area (Å²) in [6, 6.07) is 7.06. The summed E-state index contributed by atoms with van der Waals surface area (Å²) in [7, 11) is 0. The van der Waals surface area contributed by atoms with Gasteiger partial charge in [0, 0.05) is 10.5 Å². The van der Waals surface area contributed by atoms with Gasteiger partial charge in [0.05, 0.1) is 5.56 Å². The van der Waals surface area contributed by atoms with Crippen LogP contribution in [0.1, 0.15) is 26.3 Å². The van der Waals surface area contributed by atoms with E-state index in [0.717, 1.165) is 4.47 Å². The average molecular weight is 358 g/mol. The molecule has 106 valence electrons. The van der Waals surface area contributed by atoms with E-state index in [-0.39, 0.29) is 16.8 Å². The smallest absolute Gasteiger partial charge is 0.297 e. The standard InChI is InChI=1S/C14H14BrClN2O2/c1-3-8(2)18-13(19)11(12(16)17-14(18)20)9-5-4-6-10(15)7-9/h4-8H,3H2,1-2H3,(H,17,20). The molecule has 0 amide bonds. The van der Waals surface area contributed by atoms with Gasteiger partial charge in [0.2, 0.25) is 0 Å². The number of benzene rings is 1. The lowest BCUT2D eigenvalue weighted by Crippen LogP contribution is -2.38. The normalized spacial score (nSPS) is 12.4. The third kappa shape index (κ3) is 2.74. The molecule has 1 N–H and O–H groups in total. The zero-order chi connectivity index (χ0) is 14.9. The van der Waals surface area contributed by atoms with Crippen molar-refractivity contribution < 1.29 is 0 Å². The maximum Gasteiger partial charge on any atom is 0.329 e. The van der Waals surface area contributed by atoms with Crippen LogP contribution in [-0.2, 0) is 0 Å². The molecule has 0 bridgehead atoms. The van der Waals surface area contributed by atoms with Crippen LogP contribution in [0.25, 0.3) is 11.1 Å². The van der Waals surface area contributed by atoms with Crippen LogP contribution in [0.2, 0.25) is 5.15 Å². The highest BCUT2D eigenvalue weighted by molar-refractivity contribution is 9.10. The number of aromatic nitrogens is 2. The van der Waals surface area contributed by atoms with Crippen molar-refractivity contribution in [2.75, 3.05) is 0 Å². The van der Waals surface area contributed by atoms with Crippen LogP contribution in [0.5, 0.6) is 0 Å². The largest absolute Gasteiger partial charge is 0.329 e. The van der Waals surface area contributed by atoms with E-state index in [4.69, 9.17) is 11.6 Å².